The maximum atomic E-state index is 10.9. The molecule has 0 spiro atoms. The van der Waals surface area contributed by atoms with Crippen molar-refractivity contribution in [2.75, 3.05) is 7.05 Å². The molecule has 0 saturated carbocycles. The highest BCUT2D eigenvalue weighted by molar-refractivity contribution is 5.53. The van der Waals surface area contributed by atoms with E-state index < -0.39 is 4.92 Å². The van der Waals surface area contributed by atoms with Crippen LogP contribution in [0.15, 0.2) is 42.5 Å². The van der Waals surface area contributed by atoms with Gasteiger partial charge in [-0.1, -0.05) is 12.1 Å². The minimum atomic E-state index is -0.594. The monoisotopic (exact) mass is 283 g/mol. The highest BCUT2D eigenvalue weighted by atomic mass is 16.6. The summed E-state index contributed by atoms with van der Waals surface area (Å²) in [5.41, 5.74) is 0.788. The molecule has 0 radical (unpaired) electrons. The van der Waals surface area contributed by atoms with E-state index in [0.717, 1.165) is 5.56 Å². The van der Waals surface area contributed by atoms with Gasteiger partial charge in [-0.2, -0.15) is 5.26 Å². The third-order valence-electron chi connectivity index (χ3n) is 2.80. The molecule has 21 heavy (non-hydrogen) atoms. The Morgan fingerprint density at radius 2 is 2.05 bits per heavy atom. The van der Waals surface area contributed by atoms with Crippen molar-refractivity contribution in [2.24, 2.45) is 0 Å². The summed E-state index contributed by atoms with van der Waals surface area (Å²) in [6.45, 7) is 0.699. The Bertz CT molecular complexity index is 708. The molecule has 0 bridgehead atoms. The molecule has 0 saturated heterocycles. The van der Waals surface area contributed by atoms with Crippen LogP contribution in [-0.2, 0) is 6.54 Å². The Morgan fingerprint density at radius 1 is 1.29 bits per heavy atom. The van der Waals surface area contributed by atoms with Crippen LogP contribution in [-0.4, -0.2) is 12.0 Å². The second kappa shape index (κ2) is 6.50. The maximum absolute atomic E-state index is 10.9. The molecule has 0 aliphatic carbocycles. The highest BCUT2D eigenvalue weighted by Crippen LogP contribution is 2.28. The van der Waals surface area contributed by atoms with Crippen molar-refractivity contribution < 1.29 is 9.66 Å². The number of hydrogen-bond acceptors (Lipinski definition) is 5. The van der Waals surface area contributed by atoms with Gasteiger partial charge in [0.1, 0.15) is 23.1 Å². The van der Waals surface area contributed by atoms with Crippen LogP contribution in [0, 0.1) is 21.4 Å². The second-order valence-electron chi connectivity index (χ2n) is 4.33. The van der Waals surface area contributed by atoms with Crippen LogP contribution in [0.5, 0.6) is 11.5 Å². The summed E-state index contributed by atoms with van der Waals surface area (Å²) in [6.07, 6.45) is 0. The Labute approximate surface area is 121 Å². The van der Waals surface area contributed by atoms with Crippen LogP contribution in [0.3, 0.4) is 0 Å². The number of benzene rings is 2. The van der Waals surface area contributed by atoms with E-state index in [-0.39, 0.29) is 11.3 Å². The lowest BCUT2D eigenvalue weighted by Crippen LogP contribution is -2.04. The molecule has 2 aromatic rings. The highest BCUT2D eigenvalue weighted by Gasteiger charge is 2.15. The Kier molecular flexibility index (Phi) is 4.49. The zero-order valence-corrected chi connectivity index (χ0v) is 11.4. The van der Waals surface area contributed by atoms with E-state index in [1.54, 1.807) is 12.1 Å². The first-order valence-corrected chi connectivity index (χ1v) is 6.24. The summed E-state index contributed by atoms with van der Waals surface area (Å²) in [5, 5.41) is 22.8. The van der Waals surface area contributed by atoms with Crippen molar-refractivity contribution >= 4 is 5.69 Å². The molecule has 0 fully saturated rings. The van der Waals surface area contributed by atoms with Crippen molar-refractivity contribution in [2.45, 2.75) is 6.54 Å². The van der Waals surface area contributed by atoms with Crippen molar-refractivity contribution in [1.29, 1.82) is 5.26 Å². The fourth-order valence-electron chi connectivity index (χ4n) is 1.88. The molecule has 0 heterocycles. The smallest absolute Gasteiger partial charge is 0.290 e. The van der Waals surface area contributed by atoms with Crippen LogP contribution in [0.2, 0.25) is 0 Å². The molecule has 0 amide bonds. The first-order chi connectivity index (χ1) is 10.1. The number of nitro groups is 1. The topological polar surface area (TPSA) is 88.2 Å². The van der Waals surface area contributed by atoms with E-state index >= 15 is 0 Å². The maximum Gasteiger partial charge on any atom is 0.290 e. The van der Waals surface area contributed by atoms with Crippen LogP contribution in [0.1, 0.15) is 11.1 Å². The van der Waals surface area contributed by atoms with Crippen LogP contribution >= 0.6 is 0 Å². The molecule has 1 N–H and O–H groups in total. The molecular formula is C15H13N3O3. The van der Waals surface area contributed by atoms with E-state index in [9.17, 15) is 10.1 Å². The second-order valence-corrected chi connectivity index (χ2v) is 4.33. The van der Waals surface area contributed by atoms with E-state index in [4.69, 9.17) is 10.00 Å². The Morgan fingerprint density at radius 3 is 2.71 bits per heavy atom. The molecular weight excluding hydrogens is 270 g/mol. The number of rotatable bonds is 5. The minimum absolute atomic E-state index is 0.0104. The summed E-state index contributed by atoms with van der Waals surface area (Å²) in [4.78, 5) is 10.3. The zero-order valence-electron chi connectivity index (χ0n) is 11.4. The van der Waals surface area contributed by atoms with Crippen molar-refractivity contribution in [3.63, 3.8) is 0 Å². The lowest BCUT2D eigenvalue weighted by molar-refractivity contribution is -0.385. The summed E-state index contributed by atoms with van der Waals surface area (Å²) in [6, 6.07) is 13.4. The van der Waals surface area contributed by atoms with Gasteiger partial charge in [-0.05, 0) is 36.9 Å². The fourth-order valence-corrected chi connectivity index (χ4v) is 1.88. The molecule has 0 unspecified atom stereocenters. The SMILES string of the molecule is CNCc1cccc(Oc2ccc(C#N)c([N+](=O)[O-])c2)c1. The molecule has 0 atom stereocenters. The van der Waals surface area contributed by atoms with Gasteiger partial charge in [0.05, 0.1) is 11.0 Å². The van der Waals surface area contributed by atoms with Crippen LogP contribution in [0.4, 0.5) is 5.69 Å². The van der Waals surface area contributed by atoms with Gasteiger partial charge in [0, 0.05) is 6.54 Å². The predicted molar refractivity (Wildman–Crippen MR) is 77.1 cm³/mol. The van der Waals surface area contributed by atoms with Gasteiger partial charge in [0.25, 0.3) is 5.69 Å². The first-order valence-electron chi connectivity index (χ1n) is 6.24. The molecule has 6 heteroatoms. The van der Waals surface area contributed by atoms with Gasteiger partial charge in [-0.25, -0.2) is 0 Å². The Hall–Kier alpha value is -2.91. The summed E-state index contributed by atoms with van der Waals surface area (Å²) < 4.78 is 5.61. The number of ether oxygens (including phenoxy) is 1. The van der Waals surface area contributed by atoms with Gasteiger partial charge in [-0.15, -0.1) is 0 Å². The van der Waals surface area contributed by atoms with Gasteiger partial charge >= 0.3 is 0 Å². The minimum Gasteiger partial charge on any atom is -0.457 e. The summed E-state index contributed by atoms with van der Waals surface area (Å²) in [5.74, 6) is 0.907. The largest absolute Gasteiger partial charge is 0.457 e. The van der Waals surface area contributed by atoms with Crippen molar-refractivity contribution in [1.82, 2.24) is 5.32 Å². The molecule has 0 aliphatic heterocycles. The van der Waals surface area contributed by atoms with E-state index in [1.807, 2.05) is 25.2 Å². The first kappa shape index (κ1) is 14.5. The van der Waals surface area contributed by atoms with Gasteiger partial charge in [0.2, 0.25) is 0 Å². The molecule has 106 valence electrons. The van der Waals surface area contributed by atoms with Crippen LogP contribution < -0.4 is 10.1 Å². The summed E-state index contributed by atoms with van der Waals surface area (Å²) >= 11 is 0. The normalized spacial score (nSPS) is 9.90. The third-order valence-corrected chi connectivity index (χ3v) is 2.80. The average molecular weight is 283 g/mol. The number of hydrogen-bond donors (Lipinski definition) is 1. The number of nitro benzene ring substituents is 1. The zero-order chi connectivity index (χ0) is 15.2. The van der Waals surface area contributed by atoms with Gasteiger partial charge in [0.15, 0.2) is 0 Å². The fraction of sp³-hybridized carbons (Fsp3) is 0.133. The molecule has 6 nitrogen and oxygen atoms in total. The van der Waals surface area contributed by atoms with Crippen molar-refractivity contribution in [3.05, 3.63) is 63.7 Å². The molecule has 0 aliphatic rings. The lowest BCUT2D eigenvalue weighted by Gasteiger charge is -2.08. The molecule has 2 aromatic carbocycles. The number of nitrogens with zero attached hydrogens (tertiary/aromatic N) is 2. The number of nitriles is 1. The predicted octanol–water partition coefficient (Wildman–Crippen LogP) is 2.98. The molecule has 0 aromatic heterocycles. The lowest BCUT2D eigenvalue weighted by atomic mass is 10.2. The molecule has 2 rings (SSSR count). The Balaban J connectivity index is 2.28. The van der Waals surface area contributed by atoms with E-state index in [2.05, 4.69) is 5.32 Å². The third kappa shape index (κ3) is 3.55. The summed E-state index contributed by atoms with van der Waals surface area (Å²) in [7, 11) is 1.84. The van der Waals surface area contributed by atoms with Crippen molar-refractivity contribution in [3.8, 4) is 17.6 Å². The van der Waals surface area contributed by atoms with E-state index in [0.29, 0.717) is 18.0 Å². The standard InChI is InChI=1S/C15H13N3O3/c1-17-10-11-3-2-4-13(7-11)21-14-6-5-12(9-16)15(8-14)18(19)20/h2-8,17H,10H2,1H3. The quantitative estimate of drug-likeness (QED) is 0.673. The average Bonchev–Trinajstić information content (AvgIpc) is 2.48. The van der Waals surface area contributed by atoms with Crippen LogP contribution in [0.25, 0.3) is 0 Å². The number of nitrogens with one attached hydrogen (secondary N) is 1. The van der Waals surface area contributed by atoms with Gasteiger partial charge < -0.3 is 10.1 Å². The van der Waals surface area contributed by atoms with Gasteiger partial charge in [-0.3, -0.25) is 10.1 Å². The van der Waals surface area contributed by atoms with E-state index in [1.165, 1.54) is 18.2 Å².